The number of carbonyl (C=O) groups excluding carboxylic acids is 1. The van der Waals surface area contributed by atoms with Crippen LogP contribution in [0.15, 0.2) is 30.6 Å². The Balaban J connectivity index is 1.51. The number of benzene rings is 1. The molecule has 2 amide bonds. The molecular formula is C18H22N4O2. The van der Waals surface area contributed by atoms with Crippen LogP contribution in [-0.4, -0.2) is 32.8 Å². The SMILES string of the molecule is O=C(N[C@H]1CCc2c(O)cccc21)N1CCCC[C@@H]1c1cn[nH]c1. The first kappa shape index (κ1) is 15.1. The number of urea groups is 1. The lowest BCUT2D eigenvalue weighted by atomic mass is 9.98. The largest absolute Gasteiger partial charge is 0.508 e. The number of hydrogen-bond donors (Lipinski definition) is 3. The van der Waals surface area contributed by atoms with Crippen molar-refractivity contribution in [2.24, 2.45) is 0 Å². The smallest absolute Gasteiger partial charge is 0.318 e. The molecule has 1 aliphatic carbocycles. The Morgan fingerprint density at radius 3 is 3.08 bits per heavy atom. The van der Waals surface area contributed by atoms with Gasteiger partial charge in [0.05, 0.1) is 18.3 Å². The van der Waals surface area contributed by atoms with Gasteiger partial charge in [0.15, 0.2) is 0 Å². The van der Waals surface area contributed by atoms with Gasteiger partial charge in [0, 0.05) is 18.3 Å². The molecule has 2 heterocycles. The Morgan fingerprint density at radius 1 is 1.33 bits per heavy atom. The zero-order chi connectivity index (χ0) is 16.5. The second-order valence-corrected chi connectivity index (χ2v) is 6.62. The number of amides is 2. The standard InChI is InChI=1S/C18H22N4O2/c23-17-6-3-4-13-14(17)7-8-15(13)21-18(24)22-9-2-1-5-16(22)12-10-19-20-11-12/h3-4,6,10-11,15-16,23H,1-2,5,7-9H2,(H,19,20)(H,21,24)/t15-,16+/m0/s1. The summed E-state index contributed by atoms with van der Waals surface area (Å²) in [6.45, 7) is 0.765. The summed E-state index contributed by atoms with van der Waals surface area (Å²) in [5.74, 6) is 0.332. The molecule has 1 fully saturated rings. The average molecular weight is 326 g/mol. The average Bonchev–Trinajstić information content (AvgIpc) is 3.26. The van der Waals surface area contributed by atoms with E-state index in [0.29, 0.717) is 5.75 Å². The number of rotatable bonds is 2. The molecule has 0 spiro atoms. The van der Waals surface area contributed by atoms with Crippen molar-refractivity contribution in [3.63, 3.8) is 0 Å². The summed E-state index contributed by atoms with van der Waals surface area (Å²) >= 11 is 0. The maximum atomic E-state index is 12.9. The molecule has 6 heteroatoms. The molecule has 1 saturated heterocycles. The summed E-state index contributed by atoms with van der Waals surface area (Å²) in [4.78, 5) is 14.8. The predicted octanol–water partition coefficient (Wildman–Crippen LogP) is 3.04. The van der Waals surface area contributed by atoms with E-state index in [1.165, 1.54) is 0 Å². The zero-order valence-corrected chi connectivity index (χ0v) is 13.5. The highest BCUT2D eigenvalue weighted by Crippen LogP contribution is 2.37. The second-order valence-electron chi connectivity index (χ2n) is 6.62. The van der Waals surface area contributed by atoms with Gasteiger partial charge in [-0.05, 0) is 49.3 Å². The van der Waals surface area contributed by atoms with Crippen LogP contribution < -0.4 is 5.32 Å². The van der Waals surface area contributed by atoms with Crippen molar-refractivity contribution in [3.05, 3.63) is 47.3 Å². The maximum absolute atomic E-state index is 12.9. The van der Waals surface area contributed by atoms with Gasteiger partial charge in [0.2, 0.25) is 0 Å². The van der Waals surface area contributed by atoms with E-state index in [2.05, 4.69) is 15.5 Å². The van der Waals surface area contributed by atoms with Crippen LogP contribution in [0.3, 0.4) is 0 Å². The van der Waals surface area contributed by atoms with Crippen LogP contribution in [0.1, 0.15) is 54.5 Å². The van der Waals surface area contributed by atoms with Crippen LogP contribution in [0.4, 0.5) is 4.79 Å². The third-order valence-electron chi connectivity index (χ3n) is 5.21. The van der Waals surface area contributed by atoms with Crippen LogP contribution in [-0.2, 0) is 6.42 Å². The van der Waals surface area contributed by atoms with Crippen molar-refractivity contribution in [3.8, 4) is 5.75 Å². The van der Waals surface area contributed by atoms with Gasteiger partial charge in [0.25, 0.3) is 0 Å². The number of likely N-dealkylation sites (tertiary alicyclic amines) is 1. The summed E-state index contributed by atoms with van der Waals surface area (Å²) in [5.41, 5.74) is 3.07. The lowest BCUT2D eigenvalue weighted by Crippen LogP contribution is -2.45. The van der Waals surface area contributed by atoms with E-state index in [1.807, 2.05) is 23.2 Å². The Kier molecular flexibility index (Phi) is 3.88. The number of aromatic nitrogens is 2. The summed E-state index contributed by atoms with van der Waals surface area (Å²) < 4.78 is 0. The van der Waals surface area contributed by atoms with E-state index in [4.69, 9.17) is 0 Å². The van der Waals surface area contributed by atoms with Crippen LogP contribution in [0, 0.1) is 0 Å². The highest BCUT2D eigenvalue weighted by Gasteiger charge is 2.32. The number of nitrogens with zero attached hydrogens (tertiary/aromatic N) is 2. The first-order valence-corrected chi connectivity index (χ1v) is 8.60. The van der Waals surface area contributed by atoms with Crippen LogP contribution >= 0.6 is 0 Å². The van der Waals surface area contributed by atoms with Gasteiger partial charge in [0.1, 0.15) is 5.75 Å². The van der Waals surface area contributed by atoms with Crippen molar-refractivity contribution in [1.82, 2.24) is 20.4 Å². The number of fused-ring (bicyclic) bond motifs is 1. The minimum atomic E-state index is -0.0258. The predicted molar refractivity (Wildman–Crippen MR) is 89.6 cm³/mol. The molecule has 6 nitrogen and oxygen atoms in total. The van der Waals surface area contributed by atoms with Crippen LogP contribution in [0.25, 0.3) is 0 Å². The highest BCUT2D eigenvalue weighted by atomic mass is 16.3. The summed E-state index contributed by atoms with van der Waals surface area (Å²) in [7, 11) is 0. The first-order chi connectivity index (χ1) is 11.7. The monoisotopic (exact) mass is 326 g/mol. The number of piperidine rings is 1. The number of hydrogen-bond acceptors (Lipinski definition) is 3. The molecule has 126 valence electrons. The van der Waals surface area contributed by atoms with E-state index < -0.39 is 0 Å². The van der Waals surface area contributed by atoms with E-state index in [1.54, 1.807) is 12.3 Å². The number of phenolic OH excluding ortho intramolecular Hbond substituents is 1. The molecule has 0 saturated carbocycles. The quantitative estimate of drug-likeness (QED) is 0.793. The zero-order valence-electron chi connectivity index (χ0n) is 13.5. The van der Waals surface area contributed by atoms with Crippen LogP contribution in [0.5, 0.6) is 5.75 Å². The van der Waals surface area contributed by atoms with Gasteiger partial charge in [-0.1, -0.05) is 12.1 Å². The number of phenols is 1. The minimum absolute atomic E-state index is 0.0217. The fraction of sp³-hybridized carbons (Fsp3) is 0.444. The topological polar surface area (TPSA) is 81.2 Å². The van der Waals surface area contributed by atoms with Crippen molar-refractivity contribution in [2.75, 3.05) is 6.54 Å². The molecule has 0 radical (unpaired) electrons. The lowest BCUT2D eigenvalue weighted by molar-refractivity contribution is 0.148. The van der Waals surface area contributed by atoms with Crippen LogP contribution in [0.2, 0.25) is 0 Å². The number of carbonyl (C=O) groups is 1. The molecule has 2 aromatic rings. The van der Waals surface area contributed by atoms with Gasteiger partial charge in [-0.15, -0.1) is 0 Å². The molecule has 2 atom stereocenters. The van der Waals surface area contributed by atoms with Crippen molar-refractivity contribution in [1.29, 1.82) is 0 Å². The molecule has 2 aliphatic rings. The number of nitrogens with one attached hydrogen (secondary N) is 2. The van der Waals surface area contributed by atoms with E-state index in [-0.39, 0.29) is 18.1 Å². The molecule has 1 aromatic carbocycles. The van der Waals surface area contributed by atoms with Gasteiger partial charge >= 0.3 is 6.03 Å². The summed E-state index contributed by atoms with van der Waals surface area (Å²) in [6, 6.07) is 5.59. The third kappa shape index (κ3) is 2.62. The minimum Gasteiger partial charge on any atom is -0.508 e. The normalized spacial score (nSPS) is 23.1. The molecule has 0 unspecified atom stereocenters. The van der Waals surface area contributed by atoms with Crippen molar-refractivity contribution >= 4 is 6.03 Å². The maximum Gasteiger partial charge on any atom is 0.318 e. The molecule has 1 aromatic heterocycles. The fourth-order valence-electron chi connectivity index (χ4n) is 3.98. The van der Waals surface area contributed by atoms with E-state index in [9.17, 15) is 9.90 Å². The summed E-state index contributed by atoms with van der Waals surface area (Å²) in [5, 5.41) is 20.0. The summed E-state index contributed by atoms with van der Waals surface area (Å²) in [6.07, 6.45) is 8.44. The van der Waals surface area contributed by atoms with E-state index >= 15 is 0 Å². The van der Waals surface area contributed by atoms with Crippen molar-refractivity contribution < 1.29 is 9.90 Å². The van der Waals surface area contributed by atoms with Gasteiger partial charge < -0.3 is 15.3 Å². The number of H-pyrrole nitrogens is 1. The molecule has 3 N–H and O–H groups in total. The second kappa shape index (κ2) is 6.19. The molecule has 4 rings (SSSR count). The highest BCUT2D eigenvalue weighted by molar-refractivity contribution is 5.75. The Labute approximate surface area is 140 Å². The Hall–Kier alpha value is -2.50. The van der Waals surface area contributed by atoms with E-state index in [0.717, 1.165) is 55.3 Å². The fourth-order valence-corrected chi connectivity index (χ4v) is 3.98. The number of aromatic amines is 1. The molecule has 0 bridgehead atoms. The third-order valence-corrected chi connectivity index (χ3v) is 5.21. The molecule has 24 heavy (non-hydrogen) atoms. The first-order valence-electron chi connectivity index (χ1n) is 8.60. The lowest BCUT2D eigenvalue weighted by Gasteiger charge is -2.36. The Morgan fingerprint density at radius 2 is 2.25 bits per heavy atom. The number of aromatic hydroxyl groups is 1. The molecule has 1 aliphatic heterocycles. The van der Waals surface area contributed by atoms with Gasteiger partial charge in [-0.3, -0.25) is 5.10 Å². The van der Waals surface area contributed by atoms with Gasteiger partial charge in [-0.2, -0.15) is 5.10 Å². The van der Waals surface area contributed by atoms with Gasteiger partial charge in [-0.25, -0.2) is 4.79 Å². The Bertz CT molecular complexity index is 729. The molecular weight excluding hydrogens is 304 g/mol. The van der Waals surface area contributed by atoms with Crippen molar-refractivity contribution in [2.45, 2.75) is 44.2 Å².